The molecular formula is C18H19Cl2F3N4O. The van der Waals surface area contributed by atoms with Crippen molar-refractivity contribution in [2.75, 3.05) is 31.5 Å². The number of pyridine rings is 1. The lowest BCUT2D eigenvalue weighted by Crippen LogP contribution is -2.48. The number of alkyl halides is 3. The van der Waals surface area contributed by atoms with E-state index < -0.39 is 23.3 Å². The van der Waals surface area contributed by atoms with Gasteiger partial charge in [-0.2, -0.15) is 13.2 Å². The van der Waals surface area contributed by atoms with Crippen LogP contribution >= 0.6 is 24.0 Å². The predicted molar refractivity (Wildman–Crippen MR) is 104 cm³/mol. The van der Waals surface area contributed by atoms with Crippen LogP contribution in [0.15, 0.2) is 42.7 Å². The number of piperazine rings is 1. The monoisotopic (exact) mass is 434 g/mol. The molecule has 1 aliphatic rings. The molecule has 0 saturated carbocycles. The summed E-state index contributed by atoms with van der Waals surface area (Å²) < 4.78 is 39.6. The first kappa shape index (κ1) is 22.4. The van der Waals surface area contributed by atoms with E-state index in [4.69, 9.17) is 11.6 Å². The Morgan fingerprint density at radius 2 is 2.11 bits per heavy atom. The number of para-hydroxylation sites is 1. The highest BCUT2D eigenvalue weighted by atomic mass is 35.5. The van der Waals surface area contributed by atoms with Crippen LogP contribution in [-0.2, 0) is 11.0 Å². The Kier molecular flexibility index (Phi) is 7.65. The predicted octanol–water partition coefficient (Wildman–Crippen LogP) is 3.76. The number of nitrogens with one attached hydrogen (secondary N) is 2. The quantitative estimate of drug-likeness (QED) is 0.768. The van der Waals surface area contributed by atoms with Gasteiger partial charge in [-0.15, -0.1) is 12.4 Å². The van der Waals surface area contributed by atoms with Crippen molar-refractivity contribution in [2.45, 2.75) is 12.2 Å². The highest BCUT2D eigenvalue weighted by molar-refractivity contribution is 6.34. The van der Waals surface area contributed by atoms with E-state index in [-0.39, 0.29) is 30.0 Å². The molecule has 1 fully saturated rings. The fraction of sp³-hybridized carbons (Fsp3) is 0.333. The highest BCUT2D eigenvalue weighted by Crippen LogP contribution is 2.38. The number of nitrogens with zero attached hydrogens (tertiary/aromatic N) is 2. The van der Waals surface area contributed by atoms with Crippen molar-refractivity contribution in [3.63, 3.8) is 0 Å². The number of aromatic nitrogens is 1. The van der Waals surface area contributed by atoms with E-state index in [1.165, 1.54) is 12.1 Å². The summed E-state index contributed by atoms with van der Waals surface area (Å²) in [6.45, 7) is 1.84. The van der Waals surface area contributed by atoms with Gasteiger partial charge < -0.3 is 10.6 Å². The van der Waals surface area contributed by atoms with Crippen LogP contribution in [0.5, 0.6) is 0 Å². The van der Waals surface area contributed by atoms with Crippen LogP contribution in [0, 0.1) is 0 Å². The van der Waals surface area contributed by atoms with E-state index in [1.54, 1.807) is 12.4 Å². The van der Waals surface area contributed by atoms with E-state index in [2.05, 4.69) is 15.6 Å². The Labute approximate surface area is 171 Å². The standard InChI is InChI=1S/C18H18ClF3N4O.ClH/c19-14-5-1-4-13(18(20,21)22)17(14)25-16(27)11-26-8-7-24-10-15(26)12-3-2-6-23-9-12;/h1-6,9,15,24H,7-8,10-11H2,(H,25,27);1H. The molecule has 10 heteroatoms. The summed E-state index contributed by atoms with van der Waals surface area (Å²) in [4.78, 5) is 18.5. The summed E-state index contributed by atoms with van der Waals surface area (Å²) in [5.74, 6) is -0.551. The topological polar surface area (TPSA) is 57.3 Å². The number of anilines is 1. The van der Waals surface area contributed by atoms with Gasteiger partial charge in [0, 0.05) is 38.1 Å². The molecule has 0 bridgehead atoms. The molecule has 1 aliphatic heterocycles. The fourth-order valence-corrected chi connectivity index (χ4v) is 3.31. The zero-order valence-electron chi connectivity index (χ0n) is 14.7. The molecule has 2 aromatic rings. The number of hydrogen-bond donors (Lipinski definition) is 2. The van der Waals surface area contributed by atoms with Gasteiger partial charge in [0.25, 0.3) is 0 Å². The first-order valence-corrected chi connectivity index (χ1v) is 8.74. The molecule has 2 heterocycles. The van der Waals surface area contributed by atoms with Gasteiger partial charge in [0.1, 0.15) is 0 Å². The number of halogens is 5. The third-order valence-corrected chi connectivity index (χ3v) is 4.67. The maximum absolute atomic E-state index is 13.2. The molecule has 1 amide bonds. The Morgan fingerprint density at radius 3 is 2.79 bits per heavy atom. The molecular weight excluding hydrogens is 416 g/mol. The van der Waals surface area contributed by atoms with Crippen LogP contribution in [-0.4, -0.2) is 42.0 Å². The molecule has 1 aromatic carbocycles. The van der Waals surface area contributed by atoms with Crippen LogP contribution in [0.3, 0.4) is 0 Å². The second-order valence-electron chi connectivity index (χ2n) is 6.19. The molecule has 0 radical (unpaired) electrons. The van der Waals surface area contributed by atoms with Gasteiger partial charge in [-0.25, -0.2) is 0 Å². The van der Waals surface area contributed by atoms with E-state index in [0.717, 1.165) is 11.6 Å². The van der Waals surface area contributed by atoms with Gasteiger partial charge in [-0.05, 0) is 23.8 Å². The summed E-state index contributed by atoms with van der Waals surface area (Å²) >= 11 is 5.90. The normalized spacial score (nSPS) is 17.6. The van der Waals surface area contributed by atoms with Crippen molar-refractivity contribution in [3.05, 3.63) is 58.9 Å². The molecule has 5 nitrogen and oxygen atoms in total. The average Bonchev–Trinajstić information content (AvgIpc) is 2.63. The number of carbonyl (C=O) groups excluding carboxylic acids is 1. The molecule has 152 valence electrons. The number of benzene rings is 1. The van der Waals surface area contributed by atoms with Crippen LogP contribution in [0.2, 0.25) is 5.02 Å². The lowest BCUT2D eigenvalue weighted by Gasteiger charge is -2.35. The van der Waals surface area contributed by atoms with Gasteiger partial charge in [-0.3, -0.25) is 14.7 Å². The Morgan fingerprint density at radius 1 is 1.32 bits per heavy atom. The SMILES string of the molecule is Cl.O=C(CN1CCNCC1c1cccnc1)Nc1c(Cl)cccc1C(F)(F)F. The van der Waals surface area contributed by atoms with Gasteiger partial charge in [0.2, 0.25) is 5.91 Å². The number of rotatable bonds is 4. The van der Waals surface area contributed by atoms with E-state index in [0.29, 0.717) is 19.6 Å². The minimum Gasteiger partial charge on any atom is -0.323 e. The lowest BCUT2D eigenvalue weighted by atomic mass is 10.1. The Hall–Kier alpha value is -1.87. The molecule has 1 aromatic heterocycles. The number of carbonyl (C=O) groups is 1. The minimum absolute atomic E-state index is 0. The van der Waals surface area contributed by atoms with Crippen molar-refractivity contribution in [1.82, 2.24) is 15.2 Å². The third kappa shape index (κ3) is 5.35. The summed E-state index contributed by atoms with van der Waals surface area (Å²) in [5, 5.41) is 5.44. The van der Waals surface area contributed by atoms with Gasteiger partial charge in [0.05, 0.1) is 22.8 Å². The molecule has 1 saturated heterocycles. The maximum atomic E-state index is 13.2. The first-order valence-electron chi connectivity index (χ1n) is 8.36. The zero-order chi connectivity index (χ0) is 19.4. The third-order valence-electron chi connectivity index (χ3n) is 4.35. The van der Waals surface area contributed by atoms with Crippen LogP contribution in [0.4, 0.5) is 18.9 Å². The van der Waals surface area contributed by atoms with Crippen LogP contribution < -0.4 is 10.6 Å². The average molecular weight is 435 g/mol. The zero-order valence-corrected chi connectivity index (χ0v) is 16.2. The molecule has 1 atom stereocenters. The van der Waals surface area contributed by atoms with E-state index >= 15 is 0 Å². The molecule has 0 spiro atoms. The van der Waals surface area contributed by atoms with Gasteiger partial charge in [0.15, 0.2) is 0 Å². The minimum atomic E-state index is -4.61. The lowest BCUT2D eigenvalue weighted by molar-refractivity contribution is -0.137. The first-order chi connectivity index (χ1) is 12.9. The summed E-state index contributed by atoms with van der Waals surface area (Å²) in [5.41, 5.74) is -0.441. The van der Waals surface area contributed by atoms with Crippen LogP contribution in [0.25, 0.3) is 0 Å². The summed E-state index contributed by atoms with van der Waals surface area (Å²) in [6, 6.07) is 7.04. The molecule has 0 aliphatic carbocycles. The molecule has 3 rings (SSSR count). The molecule has 1 unspecified atom stereocenters. The summed E-state index contributed by atoms with van der Waals surface area (Å²) in [7, 11) is 0. The number of hydrogen-bond acceptors (Lipinski definition) is 4. The van der Waals surface area contributed by atoms with Gasteiger partial charge >= 0.3 is 6.18 Å². The van der Waals surface area contributed by atoms with Crippen LogP contribution in [0.1, 0.15) is 17.2 Å². The Bertz CT molecular complexity index is 805. The summed E-state index contributed by atoms with van der Waals surface area (Å²) in [6.07, 6.45) is -1.23. The van der Waals surface area contributed by atoms with Crippen molar-refractivity contribution in [3.8, 4) is 0 Å². The largest absolute Gasteiger partial charge is 0.418 e. The highest BCUT2D eigenvalue weighted by Gasteiger charge is 2.35. The van der Waals surface area contributed by atoms with Gasteiger partial charge in [-0.1, -0.05) is 23.7 Å². The second-order valence-corrected chi connectivity index (χ2v) is 6.59. The molecule has 2 N–H and O–H groups in total. The smallest absolute Gasteiger partial charge is 0.323 e. The number of amides is 1. The Balaban J connectivity index is 0.00000280. The van der Waals surface area contributed by atoms with Crippen molar-refractivity contribution >= 4 is 35.6 Å². The van der Waals surface area contributed by atoms with E-state index in [9.17, 15) is 18.0 Å². The maximum Gasteiger partial charge on any atom is 0.418 e. The van der Waals surface area contributed by atoms with E-state index in [1.807, 2.05) is 17.0 Å². The second kappa shape index (κ2) is 9.56. The van der Waals surface area contributed by atoms with Crippen molar-refractivity contribution in [1.29, 1.82) is 0 Å². The molecule has 28 heavy (non-hydrogen) atoms. The van der Waals surface area contributed by atoms with Crippen molar-refractivity contribution < 1.29 is 18.0 Å². The fourth-order valence-electron chi connectivity index (χ4n) is 3.09. The van der Waals surface area contributed by atoms with Crippen molar-refractivity contribution in [2.24, 2.45) is 0 Å².